The number of carbonyl (C=O) groups is 1. The van der Waals surface area contributed by atoms with Crippen molar-refractivity contribution in [3.63, 3.8) is 0 Å². The van der Waals surface area contributed by atoms with Crippen LogP contribution in [0.3, 0.4) is 0 Å². The lowest BCUT2D eigenvalue weighted by Gasteiger charge is -2.07. The summed E-state index contributed by atoms with van der Waals surface area (Å²) in [5.74, 6) is 1.23. The average Bonchev–Trinajstić information content (AvgIpc) is 2.83. The Morgan fingerprint density at radius 1 is 1.20 bits per heavy atom. The lowest BCUT2D eigenvalue weighted by atomic mass is 10.1. The fourth-order valence-corrected chi connectivity index (χ4v) is 1.82. The lowest BCUT2D eigenvalue weighted by Crippen LogP contribution is -3.00. The first-order valence-corrected chi connectivity index (χ1v) is 5.89. The number of rotatable bonds is 5. The molecular weight excluding hydrogens is 324 g/mol. The third-order valence-corrected chi connectivity index (χ3v) is 2.82. The Labute approximate surface area is 128 Å². The summed E-state index contributed by atoms with van der Waals surface area (Å²) >= 11 is 0. The number of hydrogen-bond donors (Lipinski definition) is 0. The summed E-state index contributed by atoms with van der Waals surface area (Å²) in [6, 6.07) is 5.18. The van der Waals surface area contributed by atoms with Gasteiger partial charge >= 0.3 is 0 Å². The summed E-state index contributed by atoms with van der Waals surface area (Å²) in [5.41, 5.74) is 0.576. The Morgan fingerprint density at radius 2 is 1.80 bits per heavy atom. The highest BCUT2D eigenvalue weighted by Crippen LogP contribution is 2.22. The van der Waals surface area contributed by atoms with E-state index in [2.05, 4.69) is 0 Å². The van der Waals surface area contributed by atoms with Gasteiger partial charge in [0.25, 0.3) is 0 Å². The van der Waals surface area contributed by atoms with Crippen LogP contribution in [0, 0.1) is 0 Å². The van der Waals surface area contributed by atoms with E-state index in [1.165, 1.54) is 0 Å². The minimum Gasteiger partial charge on any atom is -1.00 e. The van der Waals surface area contributed by atoms with E-state index in [4.69, 9.17) is 9.47 Å². The standard InChI is InChI=1S/C14H17N2O3.BrH/c1-15-4-5-16(10-15)9-14(17)11-6-12(18-2)8-13(7-11)19-3;/h4-8,10H,9H2,1-3H3;1H/q+1;/p-1. The van der Waals surface area contributed by atoms with Crippen molar-refractivity contribution in [2.75, 3.05) is 14.2 Å². The number of methoxy groups -OCH3 is 2. The monoisotopic (exact) mass is 340 g/mol. The van der Waals surface area contributed by atoms with Crippen LogP contribution in [-0.4, -0.2) is 24.6 Å². The second-order valence-corrected chi connectivity index (χ2v) is 4.28. The number of Topliss-reactive ketones (excluding diaryl/α,β-unsaturated/α-hetero) is 1. The van der Waals surface area contributed by atoms with Gasteiger partial charge in [0, 0.05) is 11.6 Å². The first-order chi connectivity index (χ1) is 9.12. The molecule has 1 aromatic carbocycles. The molecule has 0 saturated heterocycles. The summed E-state index contributed by atoms with van der Waals surface area (Å²) < 4.78 is 14.0. The van der Waals surface area contributed by atoms with Crippen LogP contribution in [0.5, 0.6) is 11.5 Å². The molecule has 2 rings (SSSR count). The molecular formula is C14H17BrN2O3. The van der Waals surface area contributed by atoms with Gasteiger partial charge in [0.05, 0.1) is 21.3 Å². The Bertz CT molecular complexity index is 574. The van der Waals surface area contributed by atoms with Crippen molar-refractivity contribution in [1.29, 1.82) is 0 Å². The number of hydrogen-bond acceptors (Lipinski definition) is 3. The van der Waals surface area contributed by atoms with Gasteiger partial charge in [-0.3, -0.25) is 4.79 Å². The molecule has 5 nitrogen and oxygen atoms in total. The maximum atomic E-state index is 12.2. The average molecular weight is 341 g/mol. The van der Waals surface area contributed by atoms with E-state index >= 15 is 0 Å². The summed E-state index contributed by atoms with van der Waals surface area (Å²) in [7, 11) is 5.04. The number of halogens is 1. The molecule has 1 heterocycles. The molecule has 6 heteroatoms. The Hall–Kier alpha value is -1.82. The maximum absolute atomic E-state index is 12.2. The van der Waals surface area contributed by atoms with E-state index in [9.17, 15) is 4.79 Å². The lowest BCUT2D eigenvalue weighted by molar-refractivity contribution is -0.682. The fourth-order valence-electron chi connectivity index (χ4n) is 1.82. The van der Waals surface area contributed by atoms with Crippen molar-refractivity contribution in [2.24, 2.45) is 7.05 Å². The number of aromatic nitrogens is 2. The van der Waals surface area contributed by atoms with Crippen LogP contribution in [0.25, 0.3) is 0 Å². The van der Waals surface area contributed by atoms with E-state index in [0.717, 1.165) is 0 Å². The second-order valence-electron chi connectivity index (χ2n) is 4.28. The van der Waals surface area contributed by atoms with Gasteiger partial charge in [-0.15, -0.1) is 0 Å². The third kappa shape index (κ3) is 3.84. The van der Waals surface area contributed by atoms with Crippen molar-refractivity contribution in [1.82, 2.24) is 4.57 Å². The zero-order valence-corrected chi connectivity index (χ0v) is 13.3. The third-order valence-electron chi connectivity index (χ3n) is 2.82. The van der Waals surface area contributed by atoms with Crippen LogP contribution in [0.2, 0.25) is 0 Å². The zero-order chi connectivity index (χ0) is 13.8. The van der Waals surface area contributed by atoms with Crippen LogP contribution in [0.1, 0.15) is 10.4 Å². The maximum Gasteiger partial charge on any atom is 0.243 e. The van der Waals surface area contributed by atoms with Crippen molar-refractivity contribution in [2.45, 2.75) is 6.54 Å². The van der Waals surface area contributed by atoms with Gasteiger partial charge in [-0.2, -0.15) is 0 Å². The van der Waals surface area contributed by atoms with Gasteiger partial charge in [-0.1, -0.05) is 0 Å². The van der Waals surface area contributed by atoms with Crippen molar-refractivity contribution in [3.8, 4) is 11.5 Å². The fraction of sp³-hybridized carbons (Fsp3) is 0.286. The van der Waals surface area contributed by atoms with Gasteiger partial charge in [0.1, 0.15) is 23.9 Å². The molecule has 1 aromatic heterocycles. The Balaban J connectivity index is 0.00000200. The highest BCUT2D eigenvalue weighted by atomic mass is 79.9. The number of aryl methyl sites for hydroxylation is 1. The molecule has 0 amide bonds. The molecule has 20 heavy (non-hydrogen) atoms. The zero-order valence-electron chi connectivity index (χ0n) is 11.7. The minimum absolute atomic E-state index is 0. The van der Waals surface area contributed by atoms with E-state index in [1.54, 1.807) is 32.4 Å². The highest BCUT2D eigenvalue weighted by Gasteiger charge is 2.13. The molecule has 0 saturated carbocycles. The first kappa shape index (κ1) is 16.2. The van der Waals surface area contributed by atoms with E-state index in [-0.39, 0.29) is 29.3 Å². The molecule has 0 fully saturated rings. The van der Waals surface area contributed by atoms with Gasteiger partial charge in [0.15, 0.2) is 6.54 Å². The number of benzene rings is 1. The second kappa shape index (κ2) is 7.09. The number of carbonyl (C=O) groups excluding carboxylic acids is 1. The van der Waals surface area contributed by atoms with Crippen LogP contribution in [0.15, 0.2) is 36.9 Å². The van der Waals surface area contributed by atoms with Crippen LogP contribution in [-0.2, 0) is 13.6 Å². The molecule has 0 radical (unpaired) electrons. The predicted molar refractivity (Wildman–Crippen MR) is 69.5 cm³/mol. The quantitative estimate of drug-likeness (QED) is 0.477. The van der Waals surface area contributed by atoms with Gasteiger partial charge in [-0.05, 0) is 12.1 Å². The summed E-state index contributed by atoms with van der Waals surface area (Å²) in [4.78, 5) is 12.2. The molecule has 0 unspecified atom stereocenters. The molecule has 0 aliphatic rings. The van der Waals surface area contributed by atoms with E-state index in [0.29, 0.717) is 17.1 Å². The normalized spacial score (nSPS) is 9.75. The Kier molecular flexibility index (Phi) is 5.76. The van der Waals surface area contributed by atoms with Crippen molar-refractivity contribution >= 4 is 5.78 Å². The predicted octanol–water partition coefficient (Wildman–Crippen LogP) is -1.78. The molecule has 0 spiro atoms. The molecule has 0 bridgehead atoms. The first-order valence-electron chi connectivity index (χ1n) is 5.89. The molecule has 0 N–H and O–H groups in total. The summed E-state index contributed by atoms with van der Waals surface area (Å²) in [6.07, 6.45) is 5.60. The number of ketones is 1. The van der Waals surface area contributed by atoms with Crippen molar-refractivity contribution in [3.05, 3.63) is 42.5 Å². The van der Waals surface area contributed by atoms with Gasteiger partial charge in [-0.25, -0.2) is 9.13 Å². The molecule has 0 atom stereocenters. The number of nitrogens with zero attached hydrogens (tertiary/aromatic N) is 2. The molecule has 108 valence electrons. The van der Waals surface area contributed by atoms with Crippen LogP contribution < -0.4 is 31.0 Å². The van der Waals surface area contributed by atoms with Gasteiger partial charge in [0.2, 0.25) is 12.1 Å². The Morgan fingerprint density at radius 3 is 2.25 bits per heavy atom. The van der Waals surface area contributed by atoms with Crippen LogP contribution in [0.4, 0.5) is 0 Å². The number of ether oxygens (including phenoxy) is 2. The van der Waals surface area contributed by atoms with Crippen LogP contribution >= 0.6 is 0 Å². The minimum atomic E-state index is 0. The largest absolute Gasteiger partial charge is 1.00 e. The summed E-state index contributed by atoms with van der Waals surface area (Å²) in [5, 5.41) is 0. The summed E-state index contributed by atoms with van der Waals surface area (Å²) in [6.45, 7) is 0.289. The smallest absolute Gasteiger partial charge is 0.243 e. The highest BCUT2D eigenvalue weighted by molar-refractivity contribution is 5.95. The SMILES string of the molecule is COc1cc(OC)cc(C(=O)C[n+]2ccn(C)c2)c1.[Br-]. The van der Waals surface area contributed by atoms with Crippen molar-refractivity contribution < 1.29 is 35.8 Å². The molecule has 2 aromatic rings. The van der Waals surface area contributed by atoms with E-state index in [1.807, 2.05) is 34.9 Å². The molecule has 0 aliphatic carbocycles. The molecule has 0 aliphatic heterocycles. The topological polar surface area (TPSA) is 44.3 Å². The van der Waals surface area contributed by atoms with E-state index < -0.39 is 0 Å². The van der Waals surface area contributed by atoms with Gasteiger partial charge < -0.3 is 26.5 Å². The number of imidazole rings is 1.